The molecule has 3 aromatic rings. The molecule has 1 aromatic heterocycles. The summed E-state index contributed by atoms with van der Waals surface area (Å²) in [6.07, 6.45) is 0. The standard InChI is InChI=1S/C17H16FN3OS/c1-21-16(13-7-9-14(18)10-8-13)19-20-17(21)23-12-11-22-15-5-3-2-4-6-15/h2-10H,11-12H2,1H3. The van der Waals surface area contributed by atoms with Gasteiger partial charge < -0.3 is 9.30 Å². The van der Waals surface area contributed by atoms with Crippen molar-refractivity contribution in [2.75, 3.05) is 12.4 Å². The van der Waals surface area contributed by atoms with Crippen LogP contribution in [0.15, 0.2) is 59.8 Å². The van der Waals surface area contributed by atoms with Crippen molar-refractivity contribution < 1.29 is 9.13 Å². The molecule has 0 amide bonds. The van der Waals surface area contributed by atoms with Crippen LogP contribution in [0, 0.1) is 5.82 Å². The van der Waals surface area contributed by atoms with E-state index in [0.29, 0.717) is 6.61 Å². The van der Waals surface area contributed by atoms with Gasteiger partial charge in [-0.2, -0.15) is 0 Å². The Morgan fingerprint density at radius 2 is 1.78 bits per heavy atom. The van der Waals surface area contributed by atoms with Crippen molar-refractivity contribution in [1.82, 2.24) is 14.8 Å². The first-order valence-corrected chi connectivity index (χ1v) is 8.18. The Bertz CT molecular complexity index is 759. The van der Waals surface area contributed by atoms with Gasteiger partial charge in [-0.25, -0.2) is 4.39 Å². The van der Waals surface area contributed by atoms with Gasteiger partial charge in [0.1, 0.15) is 11.6 Å². The second-order valence-corrected chi connectivity index (χ2v) is 5.94. The lowest BCUT2D eigenvalue weighted by molar-refractivity contribution is 0.344. The average Bonchev–Trinajstić information content (AvgIpc) is 2.94. The summed E-state index contributed by atoms with van der Waals surface area (Å²) in [5.74, 6) is 2.09. The van der Waals surface area contributed by atoms with E-state index in [4.69, 9.17) is 4.74 Å². The third-order valence-electron chi connectivity index (χ3n) is 3.26. The summed E-state index contributed by atoms with van der Waals surface area (Å²) in [4.78, 5) is 0. The summed E-state index contributed by atoms with van der Waals surface area (Å²) in [6, 6.07) is 15.9. The van der Waals surface area contributed by atoms with Crippen LogP contribution in [0.2, 0.25) is 0 Å². The van der Waals surface area contributed by atoms with Gasteiger partial charge in [-0.1, -0.05) is 30.0 Å². The second kappa shape index (κ2) is 7.28. The molecule has 23 heavy (non-hydrogen) atoms. The molecule has 3 rings (SSSR count). The minimum absolute atomic E-state index is 0.261. The van der Waals surface area contributed by atoms with E-state index in [9.17, 15) is 4.39 Å². The number of hydrogen-bond donors (Lipinski definition) is 0. The number of hydrogen-bond acceptors (Lipinski definition) is 4. The van der Waals surface area contributed by atoms with E-state index in [1.807, 2.05) is 41.9 Å². The van der Waals surface area contributed by atoms with Gasteiger partial charge in [0.15, 0.2) is 11.0 Å². The van der Waals surface area contributed by atoms with Gasteiger partial charge in [0, 0.05) is 18.4 Å². The van der Waals surface area contributed by atoms with Crippen LogP contribution in [0.1, 0.15) is 0 Å². The normalized spacial score (nSPS) is 10.7. The highest BCUT2D eigenvalue weighted by Crippen LogP contribution is 2.22. The van der Waals surface area contributed by atoms with Crippen LogP contribution in [0.4, 0.5) is 4.39 Å². The molecule has 0 saturated heterocycles. The van der Waals surface area contributed by atoms with E-state index in [1.165, 1.54) is 12.1 Å². The van der Waals surface area contributed by atoms with Crippen molar-refractivity contribution in [2.24, 2.45) is 7.05 Å². The fourth-order valence-electron chi connectivity index (χ4n) is 2.10. The summed E-state index contributed by atoms with van der Waals surface area (Å²) in [7, 11) is 1.90. The molecule has 2 aromatic carbocycles. The van der Waals surface area contributed by atoms with Gasteiger partial charge in [-0.05, 0) is 36.4 Å². The Morgan fingerprint density at radius 3 is 2.52 bits per heavy atom. The van der Waals surface area contributed by atoms with E-state index in [-0.39, 0.29) is 5.82 Å². The Hall–Kier alpha value is -2.34. The molecule has 0 aliphatic rings. The number of rotatable bonds is 6. The molecule has 0 bridgehead atoms. The zero-order valence-corrected chi connectivity index (χ0v) is 13.5. The minimum atomic E-state index is -0.261. The fraction of sp³-hybridized carbons (Fsp3) is 0.176. The summed E-state index contributed by atoms with van der Waals surface area (Å²) < 4.78 is 20.5. The van der Waals surface area contributed by atoms with Crippen molar-refractivity contribution in [1.29, 1.82) is 0 Å². The SMILES string of the molecule is Cn1c(SCCOc2ccccc2)nnc1-c1ccc(F)cc1. The number of benzene rings is 2. The lowest BCUT2D eigenvalue weighted by Gasteiger charge is -2.06. The number of nitrogens with zero attached hydrogens (tertiary/aromatic N) is 3. The summed E-state index contributed by atoms with van der Waals surface area (Å²) in [6.45, 7) is 0.591. The van der Waals surface area contributed by atoms with Crippen LogP contribution in [-0.4, -0.2) is 27.1 Å². The molecule has 0 unspecified atom stereocenters. The van der Waals surface area contributed by atoms with Gasteiger partial charge in [0.25, 0.3) is 0 Å². The molecule has 118 valence electrons. The molecule has 0 N–H and O–H groups in total. The Morgan fingerprint density at radius 1 is 1.04 bits per heavy atom. The fourth-order valence-corrected chi connectivity index (χ4v) is 2.83. The lowest BCUT2D eigenvalue weighted by atomic mass is 10.2. The van der Waals surface area contributed by atoms with Crippen molar-refractivity contribution >= 4 is 11.8 Å². The first-order valence-electron chi connectivity index (χ1n) is 7.20. The minimum Gasteiger partial charge on any atom is -0.493 e. The second-order valence-electron chi connectivity index (χ2n) is 4.88. The first-order chi connectivity index (χ1) is 11.2. The molecule has 0 atom stereocenters. The lowest BCUT2D eigenvalue weighted by Crippen LogP contribution is -2.02. The maximum absolute atomic E-state index is 13.0. The average molecular weight is 329 g/mol. The monoisotopic (exact) mass is 329 g/mol. The Kier molecular flexibility index (Phi) is 4.92. The highest BCUT2D eigenvalue weighted by Gasteiger charge is 2.11. The van der Waals surface area contributed by atoms with E-state index in [0.717, 1.165) is 28.0 Å². The number of ether oxygens (including phenoxy) is 1. The molecule has 0 fully saturated rings. The predicted molar refractivity (Wildman–Crippen MR) is 89.1 cm³/mol. The quantitative estimate of drug-likeness (QED) is 0.509. The largest absolute Gasteiger partial charge is 0.493 e. The maximum Gasteiger partial charge on any atom is 0.191 e. The van der Waals surface area contributed by atoms with E-state index < -0.39 is 0 Å². The molecule has 0 spiro atoms. The van der Waals surface area contributed by atoms with Crippen molar-refractivity contribution in [3.05, 3.63) is 60.4 Å². The summed E-state index contributed by atoms with van der Waals surface area (Å²) in [5.41, 5.74) is 0.841. The molecule has 0 radical (unpaired) electrons. The molecule has 0 aliphatic carbocycles. The maximum atomic E-state index is 13.0. The van der Waals surface area contributed by atoms with E-state index in [1.54, 1.807) is 23.9 Å². The molecule has 0 aliphatic heterocycles. The van der Waals surface area contributed by atoms with Crippen LogP contribution < -0.4 is 4.74 Å². The number of halogens is 1. The van der Waals surface area contributed by atoms with Gasteiger partial charge >= 0.3 is 0 Å². The Labute approximate surface area is 138 Å². The third-order valence-corrected chi connectivity index (χ3v) is 4.25. The third kappa shape index (κ3) is 3.90. The topological polar surface area (TPSA) is 39.9 Å². The molecule has 6 heteroatoms. The molecular weight excluding hydrogens is 313 g/mol. The zero-order chi connectivity index (χ0) is 16.1. The summed E-state index contributed by atoms with van der Waals surface area (Å²) in [5, 5.41) is 9.17. The Balaban J connectivity index is 1.58. The van der Waals surface area contributed by atoms with Crippen LogP contribution in [0.5, 0.6) is 5.75 Å². The van der Waals surface area contributed by atoms with Crippen LogP contribution in [0.3, 0.4) is 0 Å². The predicted octanol–water partition coefficient (Wildman–Crippen LogP) is 3.79. The molecule has 4 nitrogen and oxygen atoms in total. The van der Waals surface area contributed by atoms with Gasteiger partial charge in [0.2, 0.25) is 0 Å². The highest BCUT2D eigenvalue weighted by atomic mass is 32.2. The van der Waals surface area contributed by atoms with Gasteiger partial charge in [-0.3, -0.25) is 0 Å². The van der Waals surface area contributed by atoms with Gasteiger partial charge in [0.05, 0.1) is 6.61 Å². The van der Waals surface area contributed by atoms with Crippen molar-refractivity contribution in [3.63, 3.8) is 0 Å². The summed E-state index contributed by atoms with van der Waals surface area (Å²) >= 11 is 1.58. The van der Waals surface area contributed by atoms with Crippen LogP contribution >= 0.6 is 11.8 Å². The number of thioether (sulfide) groups is 1. The van der Waals surface area contributed by atoms with E-state index in [2.05, 4.69) is 10.2 Å². The molecular formula is C17H16FN3OS. The smallest absolute Gasteiger partial charge is 0.191 e. The highest BCUT2D eigenvalue weighted by molar-refractivity contribution is 7.99. The van der Waals surface area contributed by atoms with Gasteiger partial charge in [-0.15, -0.1) is 10.2 Å². The van der Waals surface area contributed by atoms with Crippen molar-refractivity contribution in [3.8, 4) is 17.1 Å². The first kappa shape index (κ1) is 15.6. The van der Waals surface area contributed by atoms with Crippen LogP contribution in [-0.2, 0) is 7.05 Å². The van der Waals surface area contributed by atoms with E-state index >= 15 is 0 Å². The zero-order valence-electron chi connectivity index (χ0n) is 12.6. The number of para-hydroxylation sites is 1. The number of aromatic nitrogens is 3. The van der Waals surface area contributed by atoms with Crippen LogP contribution in [0.25, 0.3) is 11.4 Å². The molecule has 0 saturated carbocycles. The van der Waals surface area contributed by atoms with Crippen molar-refractivity contribution in [2.45, 2.75) is 5.16 Å². The molecule has 1 heterocycles.